The van der Waals surface area contributed by atoms with Crippen LogP contribution in [0.5, 0.6) is 0 Å². The first-order valence-electron chi connectivity index (χ1n) is 5.93. The fraction of sp³-hybridized carbons (Fsp3) is 0.286. The maximum absolute atomic E-state index is 10.9. The fourth-order valence-corrected chi connectivity index (χ4v) is 2.69. The molecule has 0 radical (unpaired) electrons. The van der Waals surface area contributed by atoms with Crippen molar-refractivity contribution in [3.8, 4) is 5.69 Å². The zero-order valence-electron chi connectivity index (χ0n) is 11.1. The summed E-state index contributed by atoms with van der Waals surface area (Å²) in [6.45, 7) is 5.85. The van der Waals surface area contributed by atoms with E-state index in [0.29, 0.717) is 10.2 Å². The lowest BCUT2D eigenvalue weighted by Crippen LogP contribution is -2.02. The van der Waals surface area contributed by atoms with Gasteiger partial charge >= 0.3 is 5.97 Å². The van der Waals surface area contributed by atoms with E-state index in [1.54, 1.807) is 4.68 Å². The SMILES string of the molecule is Cc1ccc(C)c(-n2nc(C)c(CC(=O)O)c2Br)c1. The second-order valence-electron chi connectivity index (χ2n) is 4.63. The molecule has 0 aliphatic rings. The molecule has 4 nitrogen and oxygen atoms in total. The summed E-state index contributed by atoms with van der Waals surface area (Å²) in [5.41, 5.74) is 4.64. The molecular weight excluding hydrogens is 308 g/mol. The van der Waals surface area contributed by atoms with Crippen molar-refractivity contribution in [1.29, 1.82) is 0 Å². The molecule has 1 aromatic carbocycles. The summed E-state index contributed by atoms with van der Waals surface area (Å²) in [5.74, 6) is -0.857. The average molecular weight is 323 g/mol. The summed E-state index contributed by atoms with van der Waals surface area (Å²) in [6.07, 6.45) is -0.0305. The van der Waals surface area contributed by atoms with Gasteiger partial charge in [0.15, 0.2) is 0 Å². The Morgan fingerprint density at radius 3 is 2.68 bits per heavy atom. The Kier molecular flexibility index (Phi) is 3.75. The van der Waals surface area contributed by atoms with Gasteiger partial charge in [0.25, 0.3) is 0 Å². The van der Waals surface area contributed by atoms with Crippen LogP contribution in [0, 0.1) is 20.8 Å². The normalized spacial score (nSPS) is 10.7. The minimum atomic E-state index is -0.857. The molecule has 1 N–H and O–H groups in total. The smallest absolute Gasteiger partial charge is 0.307 e. The third kappa shape index (κ3) is 2.71. The topological polar surface area (TPSA) is 55.1 Å². The van der Waals surface area contributed by atoms with E-state index in [9.17, 15) is 4.79 Å². The first kappa shape index (κ1) is 13.8. The molecule has 0 aliphatic heterocycles. The van der Waals surface area contributed by atoms with Crippen LogP contribution in [0.3, 0.4) is 0 Å². The van der Waals surface area contributed by atoms with Crippen LogP contribution < -0.4 is 0 Å². The summed E-state index contributed by atoms with van der Waals surface area (Å²) < 4.78 is 2.47. The van der Waals surface area contributed by atoms with Crippen LogP contribution in [0.15, 0.2) is 22.8 Å². The quantitative estimate of drug-likeness (QED) is 0.944. The summed E-state index contributed by atoms with van der Waals surface area (Å²) >= 11 is 3.46. The van der Waals surface area contributed by atoms with E-state index in [1.165, 1.54) is 0 Å². The number of hydrogen-bond acceptors (Lipinski definition) is 2. The molecule has 2 aromatic rings. The highest BCUT2D eigenvalue weighted by molar-refractivity contribution is 9.10. The lowest BCUT2D eigenvalue weighted by Gasteiger charge is -2.08. The highest BCUT2D eigenvalue weighted by Gasteiger charge is 2.17. The Morgan fingerprint density at radius 1 is 1.37 bits per heavy atom. The lowest BCUT2D eigenvalue weighted by atomic mass is 10.1. The van der Waals surface area contributed by atoms with Gasteiger partial charge < -0.3 is 5.11 Å². The Balaban J connectivity index is 2.57. The number of rotatable bonds is 3. The van der Waals surface area contributed by atoms with Crippen molar-refractivity contribution >= 4 is 21.9 Å². The summed E-state index contributed by atoms with van der Waals surface area (Å²) in [5, 5.41) is 13.4. The fourth-order valence-electron chi connectivity index (χ4n) is 1.99. The third-order valence-corrected chi connectivity index (χ3v) is 3.86. The van der Waals surface area contributed by atoms with Crippen LogP contribution in [0.1, 0.15) is 22.4 Å². The molecule has 100 valence electrons. The van der Waals surface area contributed by atoms with Crippen molar-refractivity contribution in [3.63, 3.8) is 0 Å². The van der Waals surface area contributed by atoms with Gasteiger partial charge in [0, 0.05) is 5.56 Å². The minimum absolute atomic E-state index is 0.0305. The summed E-state index contributed by atoms with van der Waals surface area (Å²) in [6, 6.07) is 6.11. The van der Waals surface area contributed by atoms with Gasteiger partial charge in [0.1, 0.15) is 4.60 Å². The zero-order chi connectivity index (χ0) is 14.2. The van der Waals surface area contributed by atoms with Crippen LogP contribution in [0.25, 0.3) is 5.69 Å². The molecule has 0 saturated carbocycles. The minimum Gasteiger partial charge on any atom is -0.481 e. The number of hydrogen-bond donors (Lipinski definition) is 1. The largest absolute Gasteiger partial charge is 0.481 e. The molecular formula is C14H15BrN2O2. The lowest BCUT2D eigenvalue weighted by molar-refractivity contribution is -0.136. The second-order valence-corrected chi connectivity index (χ2v) is 5.38. The number of aryl methyl sites for hydroxylation is 3. The maximum atomic E-state index is 10.9. The van der Waals surface area contributed by atoms with Crippen LogP contribution in [-0.2, 0) is 11.2 Å². The second kappa shape index (κ2) is 5.17. The van der Waals surface area contributed by atoms with Crippen molar-refractivity contribution in [3.05, 3.63) is 45.2 Å². The molecule has 1 aromatic heterocycles. The zero-order valence-corrected chi connectivity index (χ0v) is 12.7. The van der Waals surface area contributed by atoms with E-state index in [2.05, 4.69) is 21.0 Å². The third-order valence-electron chi connectivity index (χ3n) is 3.04. The number of halogens is 1. The van der Waals surface area contributed by atoms with E-state index in [4.69, 9.17) is 5.11 Å². The van der Waals surface area contributed by atoms with Gasteiger partial charge in [-0.05, 0) is 53.9 Å². The summed E-state index contributed by atoms with van der Waals surface area (Å²) in [4.78, 5) is 10.9. The van der Waals surface area contributed by atoms with E-state index < -0.39 is 5.97 Å². The number of nitrogens with zero attached hydrogens (tertiary/aromatic N) is 2. The molecule has 1 heterocycles. The Labute approximate surface area is 120 Å². The number of carbonyl (C=O) groups is 1. The van der Waals surface area contributed by atoms with E-state index >= 15 is 0 Å². The van der Waals surface area contributed by atoms with E-state index in [-0.39, 0.29) is 6.42 Å². The molecule has 0 saturated heterocycles. The Hall–Kier alpha value is -1.62. The average Bonchev–Trinajstić information content (AvgIpc) is 2.60. The van der Waals surface area contributed by atoms with Crippen LogP contribution >= 0.6 is 15.9 Å². The molecule has 2 rings (SSSR count). The van der Waals surface area contributed by atoms with Crippen molar-refractivity contribution in [1.82, 2.24) is 9.78 Å². The first-order valence-corrected chi connectivity index (χ1v) is 6.73. The predicted octanol–water partition coefficient (Wildman–Crippen LogP) is 3.19. The number of carboxylic acids is 1. The van der Waals surface area contributed by atoms with Gasteiger partial charge in [0.05, 0.1) is 17.8 Å². The van der Waals surface area contributed by atoms with Crippen molar-refractivity contribution in [2.45, 2.75) is 27.2 Å². The molecule has 0 atom stereocenters. The van der Waals surface area contributed by atoms with Crippen LogP contribution in [0.2, 0.25) is 0 Å². The van der Waals surface area contributed by atoms with E-state index in [1.807, 2.05) is 39.0 Å². The molecule has 0 bridgehead atoms. The first-order chi connectivity index (χ1) is 8.90. The van der Waals surface area contributed by atoms with Crippen LogP contribution in [0.4, 0.5) is 0 Å². The van der Waals surface area contributed by atoms with Gasteiger partial charge in [-0.2, -0.15) is 5.10 Å². The van der Waals surface area contributed by atoms with Crippen molar-refractivity contribution in [2.75, 3.05) is 0 Å². The van der Waals surface area contributed by atoms with Gasteiger partial charge in [-0.3, -0.25) is 4.79 Å². The monoisotopic (exact) mass is 322 g/mol. The Morgan fingerprint density at radius 2 is 2.05 bits per heavy atom. The van der Waals surface area contributed by atoms with E-state index in [0.717, 1.165) is 22.5 Å². The molecule has 0 amide bonds. The number of aromatic nitrogens is 2. The van der Waals surface area contributed by atoms with Crippen molar-refractivity contribution in [2.24, 2.45) is 0 Å². The Bertz CT molecular complexity index is 647. The number of aliphatic carboxylic acids is 1. The van der Waals surface area contributed by atoms with Gasteiger partial charge in [-0.25, -0.2) is 4.68 Å². The van der Waals surface area contributed by atoms with Gasteiger partial charge in [-0.15, -0.1) is 0 Å². The van der Waals surface area contributed by atoms with Crippen LogP contribution in [-0.4, -0.2) is 20.9 Å². The highest BCUT2D eigenvalue weighted by atomic mass is 79.9. The van der Waals surface area contributed by atoms with Crippen molar-refractivity contribution < 1.29 is 9.90 Å². The molecule has 0 spiro atoms. The standard InChI is InChI=1S/C14H15BrN2O2/c1-8-4-5-9(2)12(6-8)17-14(15)11(7-13(18)19)10(3)16-17/h4-6H,7H2,1-3H3,(H,18,19). The molecule has 0 aliphatic carbocycles. The predicted molar refractivity (Wildman–Crippen MR) is 76.8 cm³/mol. The number of benzene rings is 1. The number of carboxylic acid groups (broad SMARTS) is 1. The maximum Gasteiger partial charge on any atom is 0.307 e. The van der Waals surface area contributed by atoms with Gasteiger partial charge in [-0.1, -0.05) is 12.1 Å². The summed E-state index contributed by atoms with van der Waals surface area (Å²) in [7, 11) is 0. The molecule has 19 heavy (non-hydrogen) atoms. The highest BCUT2D eigenvalue weighted by Crippen LogP contribution is 2.26. The molecule has 5 heteroatoms. The van der Waals surface area contributed by atoms with Gasteiger partial charge in [0.2, 0.25) is 0 Å². The molecule has 0 fully saturated rings. The molecule has 0 unspecified atom stereocenters.